The van der Waals surface area contributed by atoms with Crippen LogP contribution in [0.15, 0.2) is 18.2 Å². The van der Waals surface area contributed by atoms with Gasteiger partial charge in [0.2, 0.25) is 0 Å². The van der Waals surface area contributed by atoms with Crippen molar-refractivity contribution in [3.05, 3.63) is 29.3 Å². The van der Waals surface area contributed by atoms with Crippen LogP contribution in [0.3, 0.4) is 0 Å². The first-order valence-corrected chi connectivity index (χ1v) is 6.94. The highest BCUT2D eigenvalue weighted by molar-refractivity contribution is 6.00. The number of carbonyl (C=O) groups excluding carboxylic acids is 1. The van der Waals surface area contributed by atoms with E-state index < -0.39 is 0 Å². The van der Waals surface area contributed by atoms with Gasteiger partial charge in [-0.25, -0.2) is 0 Å². The van der Waals surface area contributed by atoms with Gasteiger partial charge in [0, 0.05) is 38.1 Å². The minimum Gasteiger partial charge on any atom is -0.384 e. The van der Waals surface area contributed by atoms with Crippen LogP contribution in [0.25, 0.3) is 0 Å². The second kappa shape index (κ2) is 6.53. The van der Waals surface area contributed by atoms with Crippen LogP contribution in [-0.2, 0) is 4.74 Å². The van der Waals surface area contributed by atoms with E-state index in [1.807, 2.05) is 6.07 Å². The minimum absolute atomic E-state index is 0.0449. The number of piperidine rings is 1. The van der Waals surface area contributed by atoms with Crippen molar-refractivity contribution in [3.8, 4) is 6.07 Å². The first-order chi connectivity index (χ1) is 9.65. The van der Waals surface area contributed by atoms with Crippen molar-refractivity contribution in [2.24, 2.45) is 5.92 Å². The van der Waals surface area contributed by atoms with Crippen molar-refractivity contribution in [1.82, 2.24) is 0 Å². The molecule has 1 saturated heterocycles. The molecule has 0 aromatic heterocycles. The molecule has 1 aromatic carbocycles. The van der Waals surface area contributed by atoms with Crippen LogP contribution < -0.4 is 4.90 Å². The molecular formula is C16H20N2O2. The average molecular weight is 272 g/mol. The first-order valence-electron chi connectivity index (χ1n) is 6.94. The Balaban J connectivity index is 2.20. The van der Waals surface area contributed by atoms with Gasteiger partial charge >= 0.3 is 0 Å². The number of hydrogen-bond acceptors (Lipinski definition) is 4. The third-order valence-corrected chi connectivity index (χ3v) is 3.86. The largest absolute Gasteiger partial charge is 0.384 e. The van der Waals surface area contributed by atoms with E-state index >= 15 is 0 Å². The Labute approximate surface area is 120 Å². The van der Waals surface area contributed by atoms with Gasteiger partial charge in [-0.2, -0.15) is 5.26 Å². The zero-order valence-electron chi connectivity index (χ0n) is 12.1. The van der Waals surface area contributed by atoms with Gasteiger partial charge in [-0.1, -0.05) is 0 Å². The summed E-state index contributed by atoms with van der Waals surface area (Å²) in [5.41, 5.74) is 2.20. The fourth-order valence-corrected chi connectivity index (χ4v) is 2.74. The molecule has 0 atom stereocenters. The molecule has 0 N–H and O–H groups in total. The second-order valence-electron chi connectivity index (χ2n) is 5.29. The van der Waals surface area contributed by atoms with Gasteiger partial charge in [-0.05, 0) is 43.9 Å². The zero-order chi connectivity index (χ0) is 14.5. The second-order valence-corrected chi connectivity index (χ2v) is 5.29. The van der Waals surface area contributed by atoms with Gasteiger partial charge in [-0.15, -0.1) is 0 Å². The van der Waals surface area contributed by atoms with Gasteiger partial charge < -0.3 is 9.64 Å². The molecule has 0 bridgehead atoms. The van der Waals surface area contributed by atoms with E-state index in [4.69, 9.17) is 10.00 Å². The third kappa shape index (κ3) is 3.17. The normalized spacial score (nSPS) is 15.9. The van der Waals surface area contributed by atoms with E-state index in [0.717, 1.165) is 38.2 Å². The molecule has 0 radical (unpaired) electrons. The molecule has 4 heteroatoms. The maximum Gasteiger partial charge on any atom is 0.161 e. The Kier molecular flexibility index (Phi) is 4.75. The van der Waals surface area contributed by atoms with Crippen LogP contribution >= 0.6 is 0 Å². The molecule has 4 nitrogen and oxygen atoms in total. The van der Waals surface area contributed by atoms with Crippen LogP contribution in [0.1, 0.15) is 35.7 Å². The van der Waals surface area contributed by atoms with E-state index in [1.54, 1.807) is 26.2 Å². The number of nitrogens with zero attached hydrogens (tertiary/aromatic N) is 2. The third-order valence-electron chi connectivity index (χ3n) is 3.86. The average Bonchev–Trinajstić information content (AvgIpc) is 2.47. The van der Waals surface area contributed by atoms with Crippen LogP contribution in [0, 0.1) is 17.2 Å². The van der Waals surface area contributed by atoms with Gasteiger partial charge in [-0.3, -0.25) is 4.79 Å². The summed E-state index contributed by atoms with van der Waals surface area (Å²) in [6.07, 6.45) is 2.12. The summed E-state index contributed by atoms with van der Waals surface area (Å²) >= 11 is 0. The summed E-state index contributed by atoms with van der Waals surface area (Å²) in [5.74, 6) is 0.639. The van der Waals surface area contributed by atoms with E-state index in [1.165, 1.54) is 0 Å². The Morgan fingerprint density at radius 1 is 1.45 bits per heavy atom. The lowest BCUT2D eigenvalue weighted by molar-refractivity contribution is 0.101. The summed E-state index contributed by atoms with van der Waals surface area (Å²) in [6, 6.07) is 7.44. The molecule has 0 amide bonds. The summed E-state index contributed by atoms with van der Waals surface area (Å²) in [5, 5.41) is 9.03. The number of nitriles is 1. The maximum absolute atomic E-state index is 11.7. The predicted molar refractivity (Wildman–Crippen MR) is 78.0 cm³/mol. The van der Waals surface area contributed by atoms with Crippen LogP contribution in [-0.4, -0.2) is 32.6 Å². The number of methoxy groups -OCH3 is 1. The minimum atomic E-state index is 0.0449. The quantitative estimate of drug-likeness (QED) is 0.791. The standard InChI is InChI=1S/C16H20N2O2/c1-12(19)15-4-3-14(10-17)9-16(15)18-7-5-13(6-8-18)11-20-2/h3-4,9,13H,5-8,11H2,1-2H3. The number of Topliss-reactive ketones (excluding diaryl/α,β-unsaturated/α-hetero) is 1. The van der Waals surface area contributed by atoms with Gasteiger partial charge in [0.15, 0.2) is 5.78 Å². The molecule has 1 aliphatic rings. The number of ketones is 1. The highest BCUT2D eigenvalue weighted by Crippen LogP contribution is 2.28. The molecule has 0 saturated carbocycles. The molecule has 0 spiro atoms. The van der Waals surface area contributed by atoms with Gasteiger partial charge in [0.05, 0.1) is 11.6 Å². The Morgan fingerprint density at radius 3 is 2.70 bits per heavy atom. The molecule has 1 heterocycles. The smallest absolute Gasteiger partial charge is 0.161 e. The van der Waals surface area contributed by atoms with Crippen LogP contribution in [0.5, 0.6) is 0 Å². The molecule has 1 aromatic rings. The fraction of sp³-hybridized carbons (Fsp3) is 0.500. The van der Waals surface area contributed by atoms with Crippen molar-refractivity contribution in [1.29, 1.82) is 5.26 Å². The lowest BCUT2D eigenvalue weighted by atomic mass is 9.96. The monoisotopic (exact) mass is 272 g/mol. The van der Waals surface area contributed by atoms with Crippen LogP contribution in [0.4, 0.5) is 5.69 Å². The highest BCUT2D eigenvalue weighted by atomic mass is 16.5. The van der Waals surface area contributed by atoms with E-state index in [0.29, 0.717) is 17.0 Å². The number of ether oxygens (including phenoxy) is 1. The van der Waals surface area contributed by atoms with Crippen molar-refractivity contribution in [2.75, 3.05) is 31.7 Å². The molecule has 0 unspecified atom stereocenters. The van der Waals surface area contributed by atoms with Crippen LogP contribution in [0.2, 0.25) is 0 Å². The van der Waals surface area contributed by atoms with E-state index in [9.17, 15) is 4.79 Å². The first kappa shape index (κ1) is 14.5. The molecule has 106 valence electrons. The van der Waals surface area contributed by atoms with Crippen molar-refractivity contribution >= 4 is 11.5 Å². The summed E-state index contributed by atoms with van der Waals surface area (Å²) < 4.78 is 5.21. The van der Waals surface area contributed by atoms with Crippen molar-refractivity contribution in [3.63, 3.8) is 0 Å². The van der Waals surface area contributed by atoms with Crippen molar-refractivity contribution < 1.29 is 9.53 Å². The SMILES string of the molecule is COCC1CCN(c2cc(C#N)ccc2C(C)=O)CC1. The predicted octanol–water partition coefficient (Wildman–Crippen LogP) is 2.62. The lowest BCUT2D eigenvalue weighted by Crippen LogP contribution is -2.35. The molecule has 0 aliphatic carbocycles. The Morgan fingerprint density at radius 2 is 2.15 bits per heavy atom. The molecule has 1 fully saturated rings. The van der Waals surface area contributed by atoms with Gasteiger partial charge in [0.25, 0.3) is 0 Å². The van der Waals surface area contributed by atoms with E-state index in [-0.39, 0.29) is 5.78 Å². The van der Waals surface area contributed by atoms with E-state index in [2.05, 4.69) is 11.0 Å². The lowest BCUT2D eigenvalue weighted by Gasteiger charge is -2.34. The topological polar surface area (TPSA) is 53.3 Å². The molecule has 2 rings (SSSR count). The van der Waals surface area contributed by atoms with Gasteiger partial charge in [0.1, 0.15) is 0 Å². The molecule has 20 heavy (non-hydrogen) atoms. The van der Waals surface area contributed by atoms with Crippen molar-refractivity contribution in [2.45, 2.75) is 19.8 Å². The number of carbonyl (C=O) groups is 1. The Bertz CT molecular complexity index is 526. The Hall–Kier alpha value is -1.86. The summed E-state index contributed by atoms with van der Waals surface area (Å²) in [7, 11) is 1.73. The maximum atomic E-state index is 11.7. The fourth-order valence-electron chi connectivity index (χ4n) is 2.74. The zero-order valence-corrected chi connectivity index (χ0v) is 12.1. The highest BCUT2D eigenvalue weighted by Gasteiger charge is 2.22. The number of hydrogen-bond donors (Lipinski definition) is 0. The molecule has 1 aliphatic heterocycles. The number of benzene rings is 1. The molecular weight excluding hydrogens is 252 g/mol. The number of rotatable bonds is 4. The summed E-state index contributed by atoms with van der Waals surface area (Å²) in [4.78, 5) is 14.0. The number of anilines is 1. The summed E-state index contributed by atoms with van der Waals surface area (Å²) in [6.45, 7) is 4.18.